The minimum Gasteiger partial charge on any atom is -0.394 e. The van der Waals surface area contributed by atoms with E-state index in [4.69, 9.17) is 10.5 Å². The van der Waals surface area contributed by atoms with Gasteiger partial charge in [0, 0.05) is 0 Å². The van der Waals surface area contributed by atoms with Gasteiger partial charge in [0.2, 0.25) is 23.5 Å². The van der Waals surface area contributed by atoms with Crippen molar-refractivity contribution in [2.24, 2.45) is 7.05 Å². The van der Waals surface area contributed by atoms with Crippen LogP contribution in [0.5, 0.6) is 0 Å². The van der Waals surface area contributed by atoms with Crippen LogP contribution in [-0.2, 0) is 11.8 Å². The van der Waals surface area contributed by atoms with Crippen LogP contribution < -0.4 is 10.3 Å². The molecule has 3 heterocycles. The summed E-state index contributed by atoms with van der Waals surface area (Å²) in [6, 6.07) is 0. The molecule has 1 fully saturated rings. The van der Waals surface area contributed by atoms with Crippen molar-refractivity contribution >= 4 is 28.7 Å². The predicted molar refractivity (Wildman–Crippen MR) is 77.9 cm³/mol. The molecule has 0 aromatic carbocycles. The summed E-state index contributed by atoms with van der Waals surface area (Å²) in [5.41, 5.74) is 6.98. The number of ether oxygens (including phenoxy) is 1. The maximum atomic E-state index is 10.3. The van der Waals surface area contributed by atoms with Crippen molar-refractivity contribution in [3.8, 4) is 0 Å². The lowest BCUT2D eigenvalue weighted by molar-refractivity contribution is -0.651. The van der Waals surface area contributed by atoms with Gasteiger partial charge >= 0.3 is 0 Å². The Morgan fingerprint density at radius 2 is 2.18 bits per heavy atom. The highest BCUT2D eigenvalue weighted by atomic mass is 32.2. The van der Waals surface area contributed by atoms with E-state index in [0.29, 0.717) is 16.3 Å². The maximum Gasteiger partial charge on any atom is 0.264 e. The molecular formula is C12H18N5O4S+. The quantitative estimate of drug-likeness (QED) is 0.382. The van der Waals surface area contributed by atoms with E-state index in [9.17, 15) is 15.3 Å². The average Bonchev–Trinajstić information content (AvgIpc) is 3.03. The van der Waals surface area contributed by atoms with Crippen LogP contribution in [0, 0.1) is 0 Å². The molecule has 1 aliphatic rings. The van der Waals surface area contributed by atoms with Gasteiger partial charge in [0.05, 0.1) is 13.7 Å². The summed E-state index contributed by atoms with van der Waals surface area (Å²) in [5.74, 6) is 0.272. The highest BCUT2D eigenvalue weighted by Crippen LogP contribution is 2.35. The van der Waals surface area contributed by atoms with E-state index in [-0.39, 0.29) is 12.4 Å². The number of nitrogen functional groups attached to an aromatic ring is 1. The number of aromatic nitrogens is 4. The number of hydrogen-bond acceptors (Lipinski definition) is 8. The van der Waals surface area contributed by atoms with Crippen molar-refractivity contribution in [3.63, 3.8) is 0 Å². The molecule has 0 spiro atoms. The molecule has 3 rings (SSSR count). The van der Waals surface area contributed by atoms with Crippen LogP contribution in [0.4, 0.5) is 5.82 Å². The Balaban J connectivity index is 2.20. The van der Waals surface area contributed by atoms with Crippen LogP contribution in [0.1, 0.15) is 6.23 Å². The highest BCUT2D eigenvalue weighted by Gasteiger charge is 2.47. The summed E-state index contributed by atoms with van der Waals surface area (Å²) in [4.78, 5) is 8.48. The predicted octanol–water partition coefficient (Wildman–Crippen LogP) is -1.83. The highest BCUT2D eigenvalue weighted by molar-refractivity contribution is 7.98. The smallest absolute Gasteiger partial charge is 0.264 e. The van der Waals surface area contributed by atoms with Gasteiger partial charge in [0.15, 0.2) is 5.52 Å². The molecule has 0 aliphatic carbocycles. The van der Waals surface area contributed by atoms with Crippen molar-refractivity contribution < 1.29 is 24.6 Å². The largest absolute Gasteiger partial charge is 0.394 e. The Kier molecular flexibility index (Phi) is 3.95. The molecular weight excluding hydrogens is 310 g/mol. The van der Waals surface area contributed by atoms with E-state index in [1.807, 2.05) is 6.26 Å². The van der Waals surface area contributed by atoms with Crippen LogP contribution in [0.3, 0.4) is 0 Å². The zero-order chi connectivity index (χ0) is 16.0. The molecule has 2 aromatic heterocycles. The Labute approximate surface area is 130 Å². The lowest BCUT2D eigenvalue weighted by Gasteiger charge is -2.15. The number of aryl methyl sites for hydroxylation is 1. The first kappa shape index (κ1) is 15.4. The van der Waals surface area contributed by atoms with Gasteiger partial charge in [0.1, 0.15) is 18.3 Å². The second kappa shape index (κ2) is 5.63. The number of imidazole rings is 1. The molecule has 10 heteroatoms. The third kappa shape index (κ3) is 2.15. The molecule has 4 atom stereocenters. The first-order chi connectivity index (χ1) is 10.5. The second-order valence-corrected chi connectivity index (χ2v) is 5.88. The van der Waals surface area contributed by atoms with Crippen LogP contribution in [0.25, 0.3) is 11.2 Å². The number of fused-ring (bicyclic) bond motifs is 1. The second-order valence-electron chi connectivity index (χ2n) is 5.11. The van der Waals surface area contributed by atoms with Crippen molar-refractivity contribution in [2.75, 3.05) is 18.6 Å². The molecule has 1 aliphatic heterocycles. The van der Waals surface area contributed by atoms with E-state index in [0.717, 1.165) is 0 Å². The van der Waals surface area contributed by atoms with Gasteiger partial charge in [-0.3, -0.25) is 0 Å². The molecule has 0 unspecified atom stereocenters. The molecule has 5 N–H and O–H groups in total. The Morgan fingerprint density at radius 1 is 1.45 bits per heavy atom. The zero-order valence-electron chi connectivity index (χ0n) is 12.1. The van der Waals surface area contributed by atoms with Gasteiger partial charge in [-0.15, -0.1) is 0 Å². The minimum absolute atomic E-state index is 0.272. The molecule has 0 amide bonds. The molecule has 9 nitrogen and oxygen atoms in total. The third-order valence-electron chi connectivity index (χ3n) is 3.75. The van der Waals surface area contributed by atoms with E-state index < -0.39 is 24.5 Å². The third-order valence-corrected chi connectivity index (χ3v) is 4.41. The number of anilines is 1. The molecule has 0 radical (unpaired) electrons. The Bertz CT molecular complexity index is 708. The summed E-state index contributed by atoms with van der Waals surface area (Å²) in [6.45, 7) is -0.383. The van der Waals surface area contributed by atoms with Crippen molar-refractivity contribution in [1.82, 2.24) is 14.5 Å². The Hall–Kier alpha value is -1.46. The molecule has 120 valence electrons. The SMILES string of the molecule is CSc1nc2c(N)nc[n+](C)c2n1[C@@H]1O[C@H](CO)[C@@H](O)[C@H]1O. The minimum atomic E-state index is -1.19. The summed E-state index contributed by atoms with van der Waals surface area (Å²) in [7, 11) is 1.78. The standard InChI is InChI=1S/C12H17N5O4S/c1-16-4-14-9(13)6-10(16)17(12(15-6)22-2)11-8(20)7(19)5(3-18)21-11/h4-5,7-8,11,13,18-20H,3H2,1-2H3/p+1/t5-,7-,8-,11-/m1/s1. The van der Waals surface area contributed by atoms with E-state index in [1.54, 1.807) is 22.5 Å². The topological polar surface area (TPSA) is 131 Å². The van der Waals surface area contributed by atoms with E-state index in [1.165, 1.54) is 11.8 Å². The first-order valence-electron chi connectivity index (χ1n) is 6.68. The summed E-state index contributed by atoms with van der Waals surface area (Å²) in [5, 5.41) is 30.1. The van der Waals surface area contributed by atoms with Crippen molar-refractivity contribution in [3.05, 3.63) is 6.33 Å². The van der Waals surface area contributed by atoms with Crippen LogP contribution in [0.15, 0.2) is 11.5 Å². The number of nitrogens with two attached hydrogens (primary N) is 1. The monoisotopic (exact) mass is 328 g/mol. The van der Waals surface area contributed by atoms with Gasteiger partial charge in [-0.2, -0.15) is 4.98 Å². The molecule has 1 saturated heterocycles. The fourth-order valence-electron chi connectivity index (χ4n) is 2.64. The summed E-state index contributed by atoms with van der Waals surface area (Å²) < 4.78 is 8.99. The lowest BCUT2D eigenvalue weighted by Crippen LogP contribution is -2.36. The Morgan fingerprint density at radius 3 is 2.77 bits per heavy atom. The number of aliphatic hydroxyl groups is 3. The molecule has 0 saturated carbocycles. The van der Waals surface area contributed by atoms with Gasteiger partial charge in [-0.25, -0.2) is 9.13 Å². The van der Waals surface area contributed by atoms with E-state index >= 15 is 0 Å². The summed E-state index contributed by atoms with van der Waals surface area (Å²) >= 11 is 1.36. The van der Waals surface area contributed by atoms with Gasteiger partial charge in [-0.1, -0.05) is 16.7 Å². The fourth-order valence-corrected chi connectivity index (χ4v) is 3.21. The fraction of sp³-hybridized carbons (Fsp3) is 0.583. The number of hydrogen-bond donors (Lipinski definition) is 4. The zero-order valence-corrected chi connectivity index (χ0v) is 12.9. The van der Waals surface area contributed by atoms with Crippen LogP contribution in [0.2, 0.25) is 0 Å². The van der Waals surface area contributed by atoms with Crippen LogP contribution in [-0.4, -0.2) is 61.0 Å². The van der Waals surface area contributed by atoms with Gasteiger partial charge in [0.25, 0.3) is 5.65 Å². The number of nitrogens with zero attached hydrogens (tertiary/aromatic N) is 4. The molecule has 22 heavy (non-hydrogen) atoms. The van der Waals surface area contributed by atoms with E-state index in [2.05, 4.69) is 9.97 Å². The van der Waals surface area contributed by atoms with Gasteiger partial charge < -0.3 is 25.8 Å². The van der Waals surface area contributed by atoms with Crippen LogP contribution >= 0.6 is 11.8 Å². The normalized spacial score (nSPS) is 28.6. The first-order valence-corrected chi connectivity index (χ1v) is 7.90. The molecule has 2 aromatic rings. The van der Waals surface area contributed by atoms with Crippen molar-refractivity contribution in [1.29, 1.82) is 0 Å². The maximum absolute atomic E-state index is 10.3. The van der Waals surface area contributed by atoms with Gasteiger partial charge in [-0.05, 0) is 6.26 Å². The number of aliphatic hydroxyl groups excluding tert-OH is 3. The number of rotatable bonds is 3. The van der Waals surface area contributed by atoms with Crippen molar-refractivity contribution in [2.45, 2.75) is 29.7 Å². The lowest BCUT2D eigenvalue weighted by atomic mass is 10.1. The molecule has 0 bridgehead atoms. The number of thioether (sulfide) groups is 1. The average molecular weight is 328 g/mol. The summed E-state index contributed by atoms with van der Waals surface area (Å²) in [6.07, 6.45) is -0.699.